The zero-order chi connectivity index (χ0) is 27.9. The van der Waals surface area contributed by atoms with Gasteiger partial charge in [0.25, 0.3) is 0 Å². The van der Waals surface area contributed by atoms with Crippen molar-refractivity contribution in [3.63, 3.8) is 0 Å². The number of para-hydroxylation sites is 1. The smallest absolute Gasteiger partial charge is 0.249 e. The minimum atomic E-state index is -0.468. The van der Waals surface area contributed by atoms with Crippen molar-refractivity contribution in [1.29, 1.82) is 0 Å². The number of aryl methyl sites for hydroxylation is 2. The summed E-state index contributed by atoms with van der Waals surface area (Å²) < 4.78 is 27.4. The Labute approximate surface area is 232 Å². The maximum absolute atomic E-state index is 13.7. The summed E-state index contributed by atoms with van der Waals surface area (Å²) in [6.07, 6.45) is 3.56. The van der Waals surface area contributed by atoms with Gasteiger partial charge in [-0.15, -0.1) is 0 Å². The van der Waals surface area contributed by atoms with Crippen molar-refractivity contribution in [2.75, 3.05) is 0 Å². The fourth-order valence-corrected chi connectivity index (χ4v) is 5.44. The molecular formula is C30H32ClFN4O3. The lowest BCUT2D eigenvalue weighted by molar-refractivity contribution is -0.136. The van der Waals surface area contributed by atoms with Crippen molar-refractivity contribution in [3.05, 3.63) is 82.0 Å². The Hall–Kier alpha value is -3.49. The Bertz CT molecular complexity index is 1550. The van der Waals surface area contributed by atoms with E-state index in [-0.39, 0.29) is 24.2 Å². The summed E-state index contributed by atoms with van der Waals surface area (Å²) in [5.74, 6) is 0.0100. The number of rotatable bonds is 7. The van der Waals surface area contributed by atoms with E-state index in [9.17, 15) is 9.18 Å². The summed E-state index contributed by atoms with van der Waals surface area (Å²) in [7, 11) is 0. The number of carbonyl (C=O) groups is 1. The lowest BCUT2D eigenvalue weighted by Crippen LogP contribution is -2.37. The molecule has 4 aromatic rings. The molecule has 0 spiro atoms. The molecule has 1 unspecified atom stereocenters. The number of fused-ring (bicyclic) bond motifs is 1. The van der Waals surface area contributed by atoms with E-state index < -0.39 is 11.9 Å². The molecule has 1 saturated heterocycles. The lowest BCUT2D eigenvalue weighted by atomic mass is 9.98. The first-order valence-electron chi connectivity index (χ1n) is 13.0. The standard InChI is InChI=1S/C30H32ClFN4O3/c1-17-11-22(19(3)35-29(37)27-9-10-30(4,5)39-27)23(24(31)12-17)16-38-26-8-6-7-21-25(13-18(2)34-28(21)26)36-15-20(32)14-33-36/h6-8,11-15,19,27H,9-10,16H2,1-5H3,(H,35,37)/t19-,27?/m0/s1. The highest BCUT2D eigenvalue weighted by molar-refractivity contribution is 6.31. The molecule has 0 saturated carbocycles. The van der Waals surface area contributed by atoms with Gasteiger partial charge in [0.1, 0.15) is 24.0 Å². The van der Waals surface area contributed by atoms with Crippen molar-refractivity contribution < 1.29 is 18.7 Å². The van der Waals surface area contributed by atoms with E-state index in [1.807, 2.05) is 71.0 Å². The molecule has 1 aliphatic heterocycles. The van der Waals surface area contributed by atoms with Gasteiger partial charge in [-0.3, -0.25) is 4.79 Å². The predicted molar refractivity (Wildman–Crippen MR) is 149 cm³/mol. The van der Waals surface area contributed by atoms with Gasteiger partial charge in [-0.25, -0.2) is 14.1 Å². The second-order valence-corrected chi connectivity index (χ2v) is 11.2. The fourth-order valence-electron chi connectivity index (χ4n) is 5.11. The molecule has 7 nitrogen and oxygen atoms in total. The molecule has 0 aliphatic carbocycles. The van der Waals surface area contributed by atoms with Crippen LogP contribution in [0.25, 0.3) is 16.6 Å². The first-order chi connectivity index (χ1) is 18.5. The monoisotopic (exact) mass is 550 g/mol. The van der Waals surface area contributed by atoms with E-state index in [0.717, 1.165) is 34.2 Å². The number of ether oxygens (including phenoxy) is 2. The normalized spacial score (nSPS) is 17.4. The molecule has 1 N–H and O–H groups in total. The number of nitrogens with one attached hydrogen (secondary N) is 1. The highest BCUT2D eigenvalue weighted by Crippen LogP contribution is 2.33. The number of halogens is 2. The number of benzene rings is 2. The summed E-state index contributed by atoms with van der Waals surface area (Å²) in [5, 5.41) is 8.56. The molecule has 0 radical (unpaired) electrons. The van der Waals surface area contributed by atoms with Crippen molar-refractivity contribution in [3.8, 4) is 11.4 Å². The lowest BCUT2D eigenvalue weighted by Gasteiger charge is -2.23. The average Bonchev–Trinajstić information content (AvgIpc) is 3.47. The van der Waals surface area contributed by atoms with Crippen LogP contribution in [0, 0.1) is 19.7 Å². The Balaban J connectivity index is 1.42. The van der Waals surface area contributed by atoms with Crippen LogP contribution in [0.3, 0.4) is 0 Å². The molecule has 1 amide bonds. The number of nitrogens with zero attached hydrogens (tertiary/aromatic N) is 3. The number of amides is 1. The highest BCUT2D eigenvalue weighted by Gasteiger charge is 2.36. The van der Waals surface area contributed by atoms with Crippen LogP contribution in [0.2, 0.25) is 5.02 Å². The zero-order valence-electron chi connectivity index (χ0n) is 22.7. The zero-order valence-corrected chi connectivity index (χ0v) is 23.5. The first-order valence-corrected chi connectivity index (χ1v) is 13.4. The van der Waals surface area contributed by atoms with Crippen molar-refractivity contribution >= 4 is 28.4 Å². The largest absolute Gasteiger partial charge is 0.487 e. The van der Waals surface area contributed by atoms with Gasteiger partial charge in [0.2, 0.25) is 5.91 Å². The van der Waals surface area contributed by atoms with E-state index >= 15 is 0 Å². The van der Waals surface area contributed by atoms with Gasteiger partial charge in [0.05, 0.1) is 29.7 Å². The summed E-state index contributed by atoms with van der Waals surface area (Å²) in [6.45, 7) is 9.94. The molecule has 0 bridgehead atoms. The molecule has 2 aromatic carbocycles. The van der Waals surface area contributed by atoms with Crippen LogP contribution in [0.1, 0.15) is 62.0 Å². The maximum Gasteiger partial charge on any atom is 0.249 e. The molecule has 1 fully saturated rings. The number of pyridine rings is 1. The van der Waals surface area contributed by atoms with Gasteiger partial charge in [0, 0.05) is 21.7 Å². The van der Waals surface area contributed by atoms with Gasteiger partial charge in [0.15, 0.2) is 5.82 Å². The number of carbonyl (C=O) groups excluding carboxylic acids is 1. The summed E-state index contributed by atoms with van der Waals surface area (Å²) >= 11 is 6.72. The van der Waals surface area contributed by atoms with E-state index in [2.05, 4.69) is 10.4 Å². The topological polar surface area (TPSA) is 78.3 Å². The molecule has 3 heterocycles. The average molecular weight is 551 g/mol. The van der Waals surface area contributed by atoms with E-state index in [1.54, 1.807) is 0 Å². The van der Waals surface area contributed by atoms with Crippen molar-refractivity contribution in [1.82, 2.24) is 20.1 Å². The Morgan fingerprint density at radius 1 is 1.31 bits per heavy atom. The van der Waals surface area contributed by atoms with Crippen LogP contribution >= 0.6 is 11.6 Å². The maximum atomic E-state index is 13.7. The SMILES string of the molecule is Cc1cc(Cl)c(COc2cccc3c(-n4cc(F)cn4)cc(C)nc23)c([C@H](C)NC(=O)C2CCC(C)(C)O2)c1. The second kappa shape index (κ2) is 10.6. The fraction of sp³-hybridized carbons (Fsp3) is 0.367. The molecule has 1 aliphatic rings. The molecule has 204 valence electrons. The highest BCUT2D eigenvalue weighted by atomic mass is 35.5. The molecule has 5 rings (SSSR count). The van der Waals surface area contributed by atoms with Crippen LogP contribution in [-0.4, -0.2) is 32.4 Å². The molecule has 39 heavy (non-hydrogen) atoms. The Kier molecular flexibility index (Phi) is 7.35. The van der Waals surface area contributed by atoms with Gasteiger partial charge in [-0.2, -0.15) is 5.10 Å². The predicted octanol–water partition coefficient (Wildman–Crippen LogP) is 6.54. The third-order valence-electron chi connectivity index (χ3n) is 7.04. The van der Waals surface area contributed by atoms with Gasteiger partial charge in [-0.1, -0.05) is 29.8 Å². The Morgan fingerprint density at radius 2 is 2.10 bits per heavy atom. The van der Waals surface area contributed by atoms with Gasteiger partial charge < -0.3 is 14.8 Å². The Morgan fingerprint density at radius 3 is 2.79 bits per heavy atom. The van der Waals surface area contributed by atoms with Crippen LogP contribution in [0.5, 0.6) is 5.75 Å². The van der Waals surface area contributed by atoms with E-state index in [4.69, 9.17) is 26.1 Å². The summed E-state index contributed by atoms with van der Waals surface area (Å²) in [6, 6.07) is 11.1. The van der Waals surface area contributed by atoms with Gasteiger partial charge >= 0.3 is 0 Å². The second-order valence-electron chi connectivity index (χ2n) is 10.8. The minimum Gasteiger partial charge on any atom is -0.487 e. The molecular weight excluding hydrogens is 519 g/mol. The molecule has 2 atom stereocenters. The van der Waals surface area contributed by atoms with E-state index in [0.29, 0.717) is 28.4 Å². The number of hydrogen-bond acceptors (Lipinski definition) is 5. The third kappa shape index (κ3) is 5.77. The van der Waals surface area contributed by atoms with Crippen LogP contribution in [0.4, 0.5) is 4.39 Å². The van der Waals surface area contributed by atoms with Crippen LogP contribution < -0.4 is 10.1 Å². The molecule has 9 heteroatoms. The van der Waals surface area contributed by atoms with Gasteiger partial charge in [-0.05, 0) is 76.8 Å². The number of aromatic nitrogens is 3. The molecule has 2 aromatic heterocycles. The van der Waals surface area contributed by atoms with Crippen molar-refractivity contribution in [2.24, 2.45) is 0 Å². The quantitative estimate of drug-likeness (QED) is 0.282. The summed E-state index contributed by atoms with van der Waals surface area (Å²) in [5.41, 5.74) is 4.42. The van der Waals surface area contributed by atoms with E-state index in [1.165, 1.54) is 17.1 Å². The number of hydrogen-bond donors (Lipinski definition) is 1. The van der Waals surface area contributed by atoms with Crippen LogP contribution in [-0.2, 0) is 16.1 Å². The third-order valence-corrected chi connectivity index (χ3v) is 7.38. The summed E-state index contributed by atoms with van der Waals surface area (Å²) in [4.78, 5) is 17.7. The van der Waals surface area contributed by atoms with Crippen LogP contribution in [0.15, 0.2) is 48.8 Å². The minimum absolute atomic E-state index is 0.131. The van der Waals surface area contributed by atoms with Crippen molar-refractivity contribution in [2.45, 2.75) is 71.8 Å². The first kappa shape index (κ1) is 27.1.